The van der Waals surface area contributed by atoms with Crippen LogP contribution >= 0.6 is 0 Å². The molecule has 2 aromatic rings. The highest BCUT2D eigenvalue weighted by molar-refractivity contribution is 5.32. The average Bonchev–Trinajstić information content (AvgIpc) is 2.59. The van der Waals surface area contributed by atoms with E-state index in [4.69, 9.17) is 5.26 Å². The smallest absolute Gasteiger partial charge is 0.275 e. The standard InChI is InChI=1S/C10H11N5O/c1-6-8(4-3-5-11)9(16)15-10(12-6)13-7(2)14-15/h3-4H2,1-2H3,(H,12,13,14). The van der Waals surface area contributed by atoms with Gasteiger partial charge in [0.1, 0.15) is 5.82 Å². The Hall–Kier alpha value is -2.16. The number of aromatic amines is 1. The molecule has 0 aliphatic heterocycles. The Balaban J connectivity index is 2.66. The van der Waals surface area contributed by atoms with Crippen LogP contribution in [-0.2, 0) is 6.42 Å². The molecule has 82 valence electrons. The Bertz CT molecular complexity index is 631. The van der Waals surface area contributed by atoms with Crippen molar-refractivity contribution in [3.05, 3.63) is 27.4 Å². The van der Waals surface area contributed by atoms with Crippen molar-refractivity contribution in [1.29, 1.82) is 5.26 Å². The normalized spacial score (nSPS) is 10.6. The van der Waals surface area contributed by atoms with Gasteiger partial charge in [-0.3, -0.25) is 9.89 Å². The third-order valence-electron chi connectivity index (χ3n) is 2.39. The molecule has 0 amide bonds. The van der Waals surface area contributed by atoms with Crippen molar-refractivity contribution in [2.75, 3.05) is 0 Å². The summed E-state index contributed by atoms with van der Waals surface area (Å²) >= 11 is 0. The lowest BCUT2D eigenvalue weighted by Gasteiger charge is -2.01. The molecule has 2 aromatic heterocycles. The molecule has 0 saturated heterocycles. The first kappa shape index (κ1) is 10.4. The van der Waals surface area contributed by atoms with E-state index in [-0.39, 0.29) is 5.56 Å². The molecule has 0 atom stereocenters. The van der Waals surface area contributed by atoms with Crippen LogP contribution in [-0.4, -0.2) is 19.6 Å². The number of nitrogens with one attached hydrogen (secondary N) is 1. The molecule has 6 heteroatoms. The van der Waals surface area contributed by atoms with E-state index in [9.17, 15) is 4.79 Å². The molecule has 0 unspecified atom stereocenters. The molecule has 0 radical (unpaired) electrons. The lowest BCUT2D eigenvalue weighted by molar-refractivity contribution is 0.829. The van der Waals surface area contributed by atoms with E-state index in [0.717, 1.165) is 0 Å². The highest BCUT2D eigenvalue weighted by Crippen LogP contribution is 2.04. The van der Waals surface area contributed by atoms with E-state index >= 15 is 0 Å². The molecular weight excluding hydrogens is 206 g/mol. The van der Waals surface area contributed by atoms with Gasteiger partial charge in [0.2, 0.25) is 0 Å². The van der Waals surface area contributed by atoms with Crippen molar-refractivity contribution in [3.63, 3.8) is 0 Å². The van der Waals surface area contributed by atoms with Gasteiger partial charge < -0.3 is 0 Å². The number of aromatic nitrogens is 4. The summed E-state index contributed by atoms with van der Waals surface area (Å²) in [4.78, 5) is 20.3. The minimum Gasteiger partial charge on any atom is -0.275 e. The Morgan fingerprint density at radius 2 is 2.19 bits per heavy atom. The molecule has 0 aromatic carbocycles. The topological polar surface area (TPSA) is 86.8 Å². The van der Waals surface area contributed by atoms with Gasteiger partial charge in [0, 0.05) is 12.0 Å². The number of rotatable bonds is 2. The minimum absolute atomic E-state index is 0.168. The lowest BCUT2D eigenvalue weighted by Crippen LogP contribution is -2.21. The van der Waals surface area contributed by atoms with E-state index in [1.807, 2.05) is 6.07 Å². The zero-order valence-electron chi connectivity index (χ0n) is 9.11. The zero-order chi connectivity index (χ0) is 11.7. The molecule has 0 fully saturated rings. The number of hydrogen-bond acceptors (Lipinski definition) is 4. The van der Waals surface area contributed by atoms with Gasteiger partial charge in [-0.15, -0.1) is 0 Å². The molecule has 2 heterocycles. The van der Waals surface area contributed by atoms with Gasteiger partial charge in [-0.1, -0.05) is 0 Å². The summed E-state index contributed by atoms with van der Waals surface area (Å²) in [5.74, 6) is 1.02. The quantitative estimate of drug-likeness (QED) is 0.793. The fourth-order valence-electron chi connectivity index (χ4n) is 1.63. The maximum absolute atomic E-state index is 12.0. The van der Waals surface area contributed by atoms with Crippen LogP contribution in [0.5, 0.6) is 0 Å². The van der Waals surface area contributed by atoms with Gasteiger partial charge in [-0.2, -0.15) is 14.8 Å². The molecule has 16 heavy (non-hydrogen) atoms. The summed E-state index contributed by atoms with van der Waals surface area (Å²) in [6.45, 7) is 3.52. The van der Waals surface area contributed by atoms with Crippen LogP contribution in [0.3, 0.4) is 0 Å². The van der Waals surface area contributed by atoms with Crippen LogP contribution in [0.15, 0.2) is 4.79 Å². The molecular formula is C10H11N5O. The van der Waals surface area contributed by atoms with E-state index in [2.05, 4.69) is 15.1 Å². The van der Waals surface area contributed by atoms with E-state index in [1.54, 1.807) is 13.8 Å². The summed E-state index contributed by atoms with van der Waals surface area (Å²) in [5, 5.41) is 11.3. The van der Waals surface area contributed by atoms with Crippen LogP contribution in [0.25, 0.3) is 5.78 Å². The van der Waals surface area contributed by atoms with Crippen LogP contribution < -0.4 is 5.56 Å². The van der Waals surface area contributed by atoms with Gasteiger partial charge in [-0.25, -0.2) is 4.98 Å². The number of fused-ring (bicyclic) bond motifs is 1. The monoisotopic (exact) mass is 217 g/mol. The van der Waals surface area contributed by atoms with Crippen molar-refractivity contribution < 1.29 is 0 Å². The third kappa shape index (κ3) is 1.56. The summed E-state index contributed by atoms with van der Waals surface area (Å²) < 4.78 is 1.31. The molecule has 0 bridgehead atoms. The van der Waals surface area contributed by atoms with Crippen LogP contribution in [0, 0.1) is 25.2 Å². The first-order chi connectivity index (χ1) is 7.63. The highest BCUT2D eigenvalue weighted by atomic mass is 16.1. The summed E-state index contributed by atoms with van der Waals surface area (Å²) in [6, 6.07) is 2.02. The van der Waals surface area contributed by atoms with Crippen molar-refractivity contribution >= 4 is 5.78 Å². The van der Waals surface area contributed by atoms with Gasteiger partial charge in [0.15, 0.2) is 0 Å². The average molecular weight is 217 g/mol. The molecule has 0 aliphatic carbocycles. The highest BCUT2D eigenvalue weighted by Gasteiger charge is 2.11. The predicted octanol–water partition coefficient (Wildman–Crippen LogP) is 0.491. The molecule has 2 rings (SSSR count). The second-order valence-corrected chi connectivity index (χ2v) is 3.58. The van der Waals surface area contributed by atoms with Crippen LogP contribution in [0.2, 0.25) is 0 Å². The number of H-pyrrole nitrogens is 1. The van der Waals surface area contributed by atoms with Crippen LogP contribution in [0.4, 0.5) is 0 Å². The SMILES string of the molecule is Cc1nc2nc(C)c(CCC#N)c(=O)n2[nH]1. The Morgan fingerprint density at radius 1 is 1.44 bits per heavy atom. The third-order valence-corrected chi connectivity index (χ3v) is 2.39. The maximum atomic E-state index is 12.0. The van der Waals surface area contributed by atoms with Gasteiger partial charge in [-0.05, 0) is 20.3 Å². The van der Waals surface area contributed by atoms with Gasteiger partial charge in [0.25, 0.3) is 11.3 Å². The second kappa shape index (κ2) is 3.77. The molecule has 6 nitrogen and oxygen atoms in total. The van der Waals surface area contributed by atoms with E-state index in [1.165, 1.54) is 4.52 Å². The number of nitriles is 1. The van der Waals surface area contributed by atoms with Crippen LogP contribution in [0.1, 0.15) is 23.5 Å². The van der Waals surface area contributed by atoms with E-state index in [0.29, 0.717) is 35.7 Å². The van der Waals surface area contributed by atoms with E-state index < -0.39 is 0 Å². The maximum Gasteiger partial charge on any atom is 0.277 e. The Labute approximate surface area is 91.6 Å². The zero-order valence-corrected chi connectivity index (χ0v) is 9.11. The molecule has 0 spiro atoms. The Kier molecular flexibility index (Phi) is 2.44. The summed E-state index contributed by atoms with van der Waals surface area (Å²) in [6.07, 6.45) is 0.742. The second-order valence-electron chi connectivity index (χ2n) is 3.58. The number of hydrogen-bond donors (Lipinski definition) is 1. The first-order valence-corrected chi connectivity index (χ1v) is 4.95. The molecule has 0 aliphatic rings. The number of aryl methyl sites for hydroxylation is 2. The van der Waals surface area contributed by atoms with Crippen molar-refractivity contribution in [1.82, 2.24) is 19.6 Å². The lowest BCUT2D eigenvalue weighted by atomic mass is 10.1. The summed E-state index contributed by atoms with van der Waals surface area (Å²) in [5.41, 5.74) is 1.05. The molecule has 0 saturated carbocycles. The fraction of sp³-hybridized carbons (Fsp3) is 0.400. The minimum atomic E-state index is -0.168. The number of nitrogens with zero attached hydrogens (tertiary/aromatic N) is 4. The van der Waals surface area contributed by atoms with Crippen molar-refractivity contribution in [2.24, 2.45) is 0 Å². The van der Waals surface area contributed by atoms with Crippen molar-refractivity contribution in [3.8, 4) is 6.07 Å². The summed E-state index contributed by atoms with van der Waals surface area (Å²) in [7, 11) is 0. The molecule has 1 N–H and O–H groups in total. The van der Waals surface area contributed by atoms with Gasteiger partial charge >= 0.3 is 0 Å². The fourth-order valence-corrected chi connectivity index (χ4v) is 1.63. The largest absolute Gasteiger partial charge is 0.277 e. The first-order valence-electron chi connectivity index (χ1n) is 4.95. The predicted molar refractivity (Wildman–Crippen MR) is 57.0 cm³/mol. The Morgan fingerprint density at radius 3 is 2.88 bits per heavy atom. The van der Waals surface area contributed by atoms with Crippen molar-refractivity contribution in [2.45, 2.75) is 26.7 Å². The van der Waals surface area contributed by atoms with Gasteiger partial charge in [0.05, 0.1) is 11.8 Å².